The van der Waals surface area contributed by atoms with Crippen LogP contribution < -0.4 is 15.5 Å². The lowest BCUT2D eigenvalue weighted by molar-refractivity contribution is -0.137. The Balaban J connectivity index is 1.59. The fourth-order valence-electron chi connectivity index (χ4n) is 4.07. The third-order valence-corrected chi connectivity index (χ3v) is 5.63. The molecule has 1 aliphatic heterocycles. The molecule has 34 heavy (non-hydrogen) atoms. The van der Waals surface area contributed by atoms with Crippen LogP contribution in [0.2, 0.25) is 0 Å². The molecule has 0 radical (unpaired) electrons. The van der Waals surface area contributed by atoms with E-state index >= 15 is 0 Å². The summed E-state index contributed by atoms with van der Waals surface area (Å²) in [4.78, 5) is 23.7. The van der Waals surface area contributed by atoms with Crippen molar-refractivity contribution in [3.63, 3.8) is 0 Å². The Morgan fingerprint density at radius 3 is 2.32 bits per heavy atom. The standard InChI is InChI=1S/C25H26F3N5O/c1-16-13-17(2)30-24(29-16)31-20-8-6-7-18(14-20)23(34)32-21-15-19(25(26,27)28)9-10-22(21)33-11-4-3-5-12-33/h6-10,13-15H,3-5,11-12H2,1-2H3,(H,32,34)(H,29,30,31). The zero-order valence-corrected chi connectivity index (χ0v) is 19.0. The highest BCUT2D eigenvalue weighted by molar-refractivity contribution is 6.06. The highest BCUT2D eigenvalue weighted by Crippen LogP contribution is 2.36. The molecule has 1 amide bonds. The number of amides is 1. The van der Waals surface area contributed by atoms with Gasteiger partial charge in [-0.25, -0.2) is 9.97 Å². The molecule has 0 bridgehead atoms. The van der Waals surface area contributed by atoms with Crippen molar-refractivity contribution in [2.75, 3.05) is 28.6 Å². The van der Waals surface area contributed by atoms with E-state index in [2.05, 4.69) is 20.6 Å². The Bertz CT molecular complexity index is 1170. The first-order valence-corrected chi connectivity index (χ1v) is 11.2. The largest absolute Gasteiger partial charge is 0.416 e. The molecule has 0 atom stereocenters. The van der Waals surface area contributed by atoms with Gasteiger partial charge in [0.05, 0.1) is 16.9 Å². The number of rotatable bonds is 5. The number of aryl methyl sites for hydroxylation is 2. The second-order valence-corrected chi connectivity index (χ2v) is 8.41. The summed E-state index contributed by atoms with van der Waals surface area (Å²) < 4.78 is 40.1. The number of carbonyl (C=O) groups excluding carboxylic acids is 1. The summed E-state index contributed by atoms with van der Waals surface area (Å²) in [7, 11) is 0. The Morgan fingerprint density at radius 2 is 1.65 bits per heavy atom. The number of aromatic nitrogens is 2. The van der Waals surface area contributed by atoms with Gasteiger partial charge >= 0.3 is 6.18 Å². The van der Waals surface area contributed by atoms with Gasteiger partial charge in [0.15, 0.2) is 0 Å². The Morgan fingerprint density at radius 1 is 0.941 bits per heavy atom. The summed E-state index contributed by atoms with van der Waals surface area (Å²) in [6, 6.07) is 12.0. The monoisotopic (exact) mass is 469 g/mol. The van der Waals surface area contributed by atoms with Gasteiger partial charge in [-0.2, -0.15) is 13.2 Å². The summed E-state index contributed by atoms with van der Waals surface area (Å²) in [6.07, 6.45) is -1.50. The van der Waals surface area contributed by atoms with E-state index in [1.807, 2.05) is 24.8 Å². The van der Waals surface area contributed by atoms with Gasteiger partial charge in [0.2, 0.25) is 5.95 Å². The van der Waals surface area contributed by atoms with Crippen molar-refractivity contribution in [1.29, 1.82) is 0 Å². The normalized spacial score (nSPS) is 14.1. The average molecular weight is 470 g/mol. The third-order valence-electron chi connectivity index (χ3n) is 5.63. The molecule has 1 aliphatic rings. The molecule has 3 aromatic rings. The maximum Gasteiger partial charge on any atom is 0.416 e. The molecule has 178 valence electrons. The Kier molecular flexibility index (Phi) is 6.72. The summed E-state index contributed by atoms with van der Waals surface area (Å²) >= 11 is 0. The zero-order valence-electron chi connectivity index (χ0n) is 19.0. The lowest BCUT2D eigenvalue weighted by atomic mass is 10.1. The number of nitrogens with zero attached hydrogens (tertiary/aromatic N) is 3. The van der Waals surface area contributed by atoms with Gasteiger partial charge in [0.25, 0.3) is 5.91 Å². The summed E-state index contributed by atoms with van der Waals surface area (Å²) in [6.45, 7) is 5.20. The van der Waals surface area contributed by atoms with Gasteiger partial charge in [0.1, 0.15) is 0 Å². The molecule has 2 heterocycles. The van der Waals surface area contributed by atoms with E-state index in [0.29, 0.717) is 22.9 Å². The van der Waals surface area contributed by atoms with E-state index in [4.69, 9.17) is 0 Å². The lowest BCUT2D eigenvalue weighted by Gasteiger charge is -2.31. The molecule has 2 aromatic carbocycles. The summed E-state index contributed by atoms with van der Waals surface area (Å²) in [5.41, 5.74) is 2.45. The summed E-state index contributed by atoms with van der Waals surface area (Å²) in [5, 5.41) is 5.78. The Labute approximate surface area is 196 Å². The van der Waals surface area contributed by atoms with Gasteiger partial charge in [-0.15, -0.1) is 0 Å². The smallest absolute Gasteiger partial charge is 0.370 e. The van der Waals surface area contributed by atoms with Crippen LogP contribution in [0.25, 0.3) is 0 Å². The number of benzene rings is 2. The van der Waals surface area contributed by atoms with E-state index in [1.54, 1.807) is 24.3 Å². The molecule has 1 saturated heterocycles. The van der Waals surface area contributed by atoms with Crippen LogP contribution in [0.15, 0.2) is 48.5 Å². The van der Waals surface area contributed by atoms with E-state index in [-0.39, 0.29) is 5.69 Å². The average Bonchev–Trinajstić information content (AvgIpc) is 2.78. The maximum absolute atomic E-state index is 13.4. The number of halogens is 3. The number of anilines is 4. The third kappa shape index (κ3) is 5.65. The highest BCUT2D eigenvalue weighted by Gasteiger charge is 2.32. The highest BCUT2D eigenvalue weighted by atomic mass is 19.4. The van der Waals surface area contributed by atoms with Crippen LogP contribution in [0, 0.1) is 13.8 Å². The first-order valence-electron chi connectivity index (χ1n) is 11.2. The molecule has 4 rings (SSSR count). The number of piperidine rings is 1. The number of nitrogens with one attached hydrogen (secondary N) is 2. The van der Waals surface area contributed by atoms with Crippen molar-refractivity contribution in [1.82, 2.24) is 9.97 Å². The van der Waals surface area contributed by atoms with Crippen molar-refractivity contribution >= 4 is 28.9 Å². The minimum Gasteiger partial charge on any atom is -0.370 e. The number of carbonyl (C=O) groups is 1. The van der Waals surface area contributed by atoms with Crippen LogP contribution >= 0.6 is 0 Å². The van der Waals surface area contributed by atoms with Crippen LogP contribution in [0.5, 0.6) is 0 Å². The maximum atomic E-state index is 13.4. The quantitative estimate of drug-likeness (QED) is 0.473. The number of hydrogen-bond donors (Lipinski definition) is 2. The predicted octanol–water partition coefficient (Wildman–Crippen LogP) is 6.10. The van der Waals surface area contributed by atoms with E-state index < -0.39 is 17.6 Å². The van der Waals surface area contributed by atoms with Crippen LogP contribution in [0.4, 0.5) is 36.2 Å². The van der Waals surface area contributed by atoms with Crippen LogP contribution in [-0.2, 0) is 6.18 Å². The van der Waals surface area contributed by atoms with Crippen molar-refractivity contribution in [3.05, 3.63) is 71.0 Å². The van der Waals surface area contributed by atoms with Gasteiger partial charge in [0, 0.05) is 35.7 Å². The second-order valence-electron chi connectivity index (χ2n) is 8.41. The van der Waals surface area contributed by atoms with E-state index in [1.165, 1.54) is 6.07 Å². The zero-order chi connectivity index (χ0) is 24.3. The molecule has 0 unspecified atom stereocenters. The molecule has 6 nitrogen and oxygen atoms in total. The lowest BCUT2D eigenvalue weighted by Crippen LogP contribution is -2.30. The molecule has 1 aromatic heterocycles. The van der Waals surface area contributed by atoms with Gasteiger partial charge in [-0.3, -0.25) is 4.79 Å². The topological polar surface area (TPSA) is 70.2 Å². The number of alkyl halides is 3. The molecule has 2 N–H and O–H groups in total. The molecule has 1 fully saturated rings. The molecular formula is C25H26F3N5O. The van der Waals surface area contributed by atoms with Crippen molar-refractivity contribution in [3.8, 4) is 0 Å². The van der Waals surface area contributed by atoms with Crippen LogP contribution in [0.1, 0.15) is 46.6 Å². The fraction of sp³-hybridized carbons (Fsp3) is 0.320. The number of hydrogen-bond acceptors (Lipinski definition) is 5. The van der Waals surface area contributed by atoms with Crippen LogP contribution in [0.3, 0.4) is 0 Å². The molecule has 0 saturated carbocycles. The SMILES string of the molecule is Cc1cc(C)nc(Nc2cccc(C(=O)Nc3cc(C(F)(F)F)ccc3N3CCCCC3)c2)n1. The van der Waals surface area contributed by atoms with Crippen molar-refractivity contribution < 1.29 is 18.0 Å². The van der Waals surface area contributed by atoms with Gasteiger partial charge in [-0.05, 0) is 75.6 Å². The molecular weight excluding hydrogens is 443 g/mol. The fourth-order valence-corrected chi connectivity index (χ4v) is 4.07. The first-order chi connectivity index (χ1) is 16.2. The summed E-state index contributed by atoms with van der Waals surface area (Å²) in [5.74, 6) is -0.0945. The van der Waals surface area contributed by atoms with Crippen LogP contribution in [-0.4, -0.2) is 29.0 Å². The van der Waals surface area contributed by atoms with Crippen molar-refractivity contribution in [2.24, 2.45) is 0 Å². The minimum absolute atomic E-state index is 0.151. The molecule has 0 aliphatic carbocycles. The van der Waals surface area contributed by atoms with Gasteiger partial charge in [-0.1, -0.05) is 6.07 Å². The Hall–Kier alpha value is -3.62. The molecule has 9 heteroatoms. The van der Waals surface area contributed by atoms with E-state index in [9.17, 15) is 18.0 Å². The van der Waals surface area contributed by atoms with Crippen molar-refractivity contribution in [2.45, 2.75) is 39.3 Å². The first kappa shape index (κ1) is 23.5. The van der Waals surface area contributed by atoms with E-state index in [0.717, 1.165) is 55.9 Å². The van der Waals surface area contributed by atoms with Gasteiger partial charge < -0.3 is 15.5 Å². The predicted molar refractivity (Wildman–Crippen MR) is 127 cm³/mol. The minimum atomic E-state index is -4.50. The molecule has 0 spiro atoms. The second kappa shape index (κ2) is 9.70.